The third kappa shape index (κ3) is 4.10. The van der Waals surface area contributed by atoms with Crippen LogP contribution < -0.4 is 5.32 Å². The van der Waals surface area contributed by atoms with Crippen LogP contribution in [0.25, 0.3) is 0 Å². The summed E-state index contributed by atoms with van der Waals surface area (Å²) in [5, 5.41) is 2.90. The molecule has 0 aliphatic rings. The number of nitrogens with one attached hydrogen (secondary N) is 1. The molecule has 0 aliphatic heterocycles. The largest absolute Gasteiger partial charge is 0.355 e. The zero-order chi connectivity index (χ0) is 17.0. The molecular formula is C16H17ClN2O3S. The molecule has 2 rings (SSSR count). The topological polar surface area (TPSA) is 66.5 Å². The van der Waals surface area contributed by atoms with Gasteiger partial charge in [-0.15, -0.1) is 0 Å². The van der Waals surface area contributed by atoms with Crippen molar-refractivity contribution in [1.82, 2.24) is 9.62 Å². The van der Waals surface area contributed by atoms with Crippen molar-refractivity contribution in [2.45, 2.75) is 11.4 Å². The van der Waals surface area contributed by atoms with E-state index in [0.29, 0.717) is 10.6 Å². The van der Waals surface area contributed by atoms with Crippen LogP contribution in [0, 0.1) is 0 Å². The highest BCUT2D eigenvalue weighted by molar-refractivity contribution is 7.89. The number of sulfonamides is 1. The number of rotatable bonds is 5. The van der Waals surface area contributed by atoms with Crippen molar-refractivity contribution in [1.29, 1.82) is 0 Å². The van der Waals surface area contributed by atoms with Crippen LogP contribution in [0.3, 0.4) is 0 Å². The number of hydrogen-bond donors (Lipinski definition) is 1. The molecule has 0 unspecified atom stereocenters. The van der Waals surface area contributed by atoms with Gasteiger partial charge in [0.15, 0.2) is 0 Å². The summed E-state index contributed by atoms with van der Waals surface area (Å²) in [4.78, 5) is 11.6. The van der Waals surface area contributed by atoms with E-state index in [1.165, 1.54) is 23.5 Å². The highest BCUT2D eigenvalue weighted by Crippen LogP contribution is 2.20. The Morgan fingerprint density at radius 1 is 1.17 bits per heavy atom. The fraction of sp³-hybridized carbons (Fsp3) is 0.188. The van der Waals surface area contributed by atoms with Crippen LogP contribution in [0.1, 0.15) is 15.9 Å². The molecule has 0 bridgehead atoms. The Morgan fingerprint density at radius 2 is 1.83 bits per heavy atom. The van der Waals surface area contributed by atoms with E-state index in [2.05, 4.69) is 5.32 Å². The van der Waals surface area contributed by atoms with Gasteiger partial charge in [0, 0.05) is 31.2 Å². The molecule has 0 heterocycles. The molecule has 0 fully saturated rings. The summed E-state index contributed by atoms with van der Waals surface area (Å²) in [7, 11) is -0.561. The number of carbonyl (C=O) groups is 1. The molecule has 122 valence electrons. The second-order valence-electron chi connectivity index (χ2n) is 4.99. The fourth-order valence-corrected chi connectivity index (χ4v) is 3.52. The zero-order valence-corrected chi connectivity index (χ0v) is 14.4. The van der Waals surface area contributed by atoms with Crippen molar-refractivity contribution in [2.75, 3.05) is 14.1 Å². The van der Waals surface area contributed by atoms with Gasteiger partial charge >= 0.3 is 0 Å². The quantitative estimate of drug-likeness (QED) is 0.899. The van der Waals surface area contributed by atoms with Crippen molar-refractivity contribution < 1.29 is 13.2 Å². The molecule has 0 spiro atoms. The van der Waals surface area contributed by atoms with Crippen molar-refractivity contribution in [3.05, 3.63) is 64.7 Å². The van der Waals surface area contributed by atoms with Crippen LogP contribution in [0.5, 0.6) is 0 Å². The molecule has 5 nitrogen and oxygen atoms in total. The minimum Gasteiger partial charge on any atom is -0.355 e. The lowest BCUT2D eigenvalue weighted by Gasteiger charge is -2.17. The highest BCUT2D eigenvalue weighted by atomic mass is 35.5. The second kappa shape index (κ2) is 7.12. The van der Waals surface area contributed by atoms with E-state index in [1.54, 1.807) is 43.4 Å². The summed E-state index contributed by atoms with van der Waals surface area (Å²) in [6, 6.07) is 12.9. The van der Waals surface area contributed by atoms with E-state index < -0.39 is 10.0 Å². The molecule has 2 aromatic rings. The van der Waals surface area contributed by atoms with Gasteiger partial charge in [-0.3, -0.25) is 4.79 Å². The average molecular weight is 353 g/mol. The van der Waals surface area contributed by atoms with E-state index >= 15 is 0 Å². The lowest BCUT2D eigenvalue weighted by Crippen LogP contribution is -2.26. The van der Waals surface area contributed by atoms with Gasteiger partial charge in [0.25, 0.3) is 5.91 Å². The molecule has 23 heavy (non-hydrogen) atoms. The molecule has 0 atom stereocenters. The summed E-state index contributed by atoms with van der Waals surface area (Å²) < 4.78 is 26.3. The van der Waals surface area contributed by atoms with Gasteiger partial charge in [-0.1, -0.05) is 29.8 Å². The molecule has 2 aromatic carbocycles. The minimum absolute atomic E-state index is 0.148. The van der Waals surface area contributed by atoms with Gasteiger partial charge < -0.3 is 5.32 Å². The van der Waals surface area contributed by atoms with Gasteiger partial charge in [-0.25, -0.2) is 8.42 Å². The predicted octanol–water partition coefficient (Wildman–Crippen LogP) is 2.52. The lowest BCUT2D eigenvalue weighted by molar-refractivity contribution is 0.0963. The maximum absolute atomic E-state index is 12.5. The molecule has 0 aromatic heterocycles. The first-order chi connectivity index (χ1) is 10.8. The Hall–Kier alpha value is -1.89. The number of nitrogens with zero attached hydrogens (tertiary/aromatic N) is 1. The third-order valence-corrected chi connectivity index (χ3v) is 5.39. The number of benzene rings is 2. The van der Waals surface area contributed by atoms with E-state index in [0.717, 1.165) is 5.56 Å². The summed E-state index contributed by atoms with van der Waals surface area (Å²) in [6.45, 7) is 0.197. The SMILES string of the molecule is CNC(=O)c1ccc(CN(C)S(=O)(=O)c2cccc(Cl)c2)cc1. The smallest absolute Gasteiger partial charge is 0.251 e. The van der Waals surface area contributed by atoms with Gasteiger partial charge in [0.1, 0.15) is 0 Å². The molecule has 0 radical (unpaired) electrons. The van der Waals surface area contributed by atoms with Crippen LogP contribution in [0.4, 0.5) is 0 Å². The molecule has 0 aliphatic carbocycles. The Balaban J connectivity index is 2.18. The maximum atomic E-state index is 12.5. The van der Waals surface area contributed by atoms with Crippen LogP contribution >= 0.6 is 11.6 Å². The monoisotopic (exact) mass is 352 g/mol. The highest BCUT2D eigenvalue weighted by Gasteiger charge is 2.21. The van der Waals surface area contributed by atoms with Crippen LogP contribution in [0.2, 0.25) is 5.02 Å². The molecule has 0 saturated carbocycles. The molecule has 1 N–H and O–H groups in total. The third-order valence-electron chi connectivity index (χ3n) is 3.35. The molecule has 7 heteroatoms. The Labute approximate surface area is 140 Å². The van der Waals surface area contributed by atoms with Crippen molar-refractivity contribution >= 4 is 27.5 Å². The van der Waals surface area contributed by atoms with E-state index in [4.69, 9.17) is 11.6 Å². The van der Waals surface area contributed by atoms with Crippen LogP contribution in [-0.4, -0.2) is 32.7 Å². The predicted molar refractivity (Wildman–Crippen MR) is 89.9 cm³/mol. The fourth-order valence-electron chi connectivity index (χ4n) is 2.06. The number of halogens is 1. The van der Waals surface area contributed by atoms with Gasteiger partial charge in [-0.2, -0.15) is 4.31 Å². The Bertz CT molecular complexity index is 804. The summed E-state index contributed by atoms with van der Waals surface area (Å²) in [5.74, 6) is -0.184. The second-order valence-corrected chi connectivity index (χ2v) is 7.48. The van der Waals surface area contributed by atoms with Gasteiger partial charge in [0.2, 0.25) is 10.0 Å². The van der Waals surface area contributed by atoms with Crippen molar-refractivity contribution in [3.8, 4) is 0 Å². The summed E-state index contributed by atoms with van der Waals surface area (Å²) in [5.41, 5.74) is 1.31. The number of hydrogen-bond acceptors (Lipinski definition) is 3. The average Bonchev–Trinajstić information content (AvgIpc) is 2.54. The number of amides is 1. The molecule has 1 amide bonds. The normalized spacial score (nSPS) is 11.5. The van der Waals surface area contributed by atoms with Crippen molar-refractivity contribution in [3.63, 3.8) is 0 Å². The van der Waals surface area contributed by atoms with E-state index in [-0.39, 0.29) is 17.3 Å². The Morgan fingerprint density at radius 3 is 2.39 bits per heavy atom. The first-order valence-corrected chi connectivity index (χ1v) is 8.69. The van der Waals surface area contributed by atoms with Crippen LogP contribution in [0.15, 0.2) is 53.4 Å². The summed E-state index contributed by atoms with van der Waals surface area (Å²) in [6.07, 6.45) is 0. The number of carbonyl (C=O) groups excluding carboxylic acids is 1. The maximum Gasteiger partial charge on any atom is 0.251 e. The molecule has 0 saturated heterocycles. The lowest BCUT2D eigenvalue weighted by atomic mass is 10.1. The van der Waals surface area contributed by atoms with Gasteiger partial charge in [-0.05, 0) is 35.9 Å². The summed E-state index contributed by atoms with van der Waals surface area (Å²) >= 11 is 5.86. The zero-order valence-electron chi connectivity index (χ0n) is 12.8. The van der Waals surface area contributed by atoms with E-state index in [9.17, 15) is 13.2 Å². The minimum atomic E-state index is -3.62. The first kappa shape index (κ1) is 17.5. The first-order valence-electron chi connectivity index (χ1n) is 6.87. The van der Waals surface area contributed by atoms with Crippen LogP contribution in [-0.2, 0) is 16.6 Å². The van der Waals surface area contributed by atoms with Crippen molar-refractivity contribution in [2.24, 2.45) is 0 Å². The molecular weight excluding hydrogens is 336 g/mol. The standard InChI is InChI=1S/C16H17ClN2O3S/c1-18-16(20)13-8-6-12(7-9-13)11-19(2)23(21,22)15-5-3-4-14(17)10-15/h3-10H,11H2,1-2H3,(H,18,20). The van der Waals surface area contributed by atoms with E-state index in [1.807, 2.05) is 0 Å². The Kier molecular flexibility index (Phi) is 5.41. The van der Waals surface area contributed by atoms with Gasteiger partial charge in [0.05, 0.1) is 4.90 Å².